The van der Waals surface area contributed by atoms with Gasteiger partial charge >= 0.3 is 5.63 Å². The third kappa shape index (κ3) is 5.56. The summed E-state index contributed by atoms with van der Waals surface area (Å²) in [5, 5.41) is 14.0. The van der Waals surface area contributed by atoms with Crippen molar-refractivity contribution in [2.75, 3.05) is 19.6 Å². The second kappa shape index (κ2) is 11.2. The van der Waals surface area contributed by atoms with E-state index >= 15 is 0 Å². The molecule has 2 N–H and O–H groups in total. The van der Waals surface area contributed by atoms with Crippen LogP contribution in [0.3, 0.4) is 0 Å². The molecule has 156 valence electrons. The van der Waals surface area contributed by atoms with Crippen molar-refractivity contribution in [2.45, 2.75) is 45.6 Å². The molecule has 1 aliphatic heterocycles. The molecule has 0 spiro atoms. The van der Waals surface area contributed by atoms with E-state index in [4.69, 9.17) is 4.42 Å². The summed E-state index contributed by atoms with van der Waals surface area (Å²) in [4.78, 5) is 24.8. The molecule has 8 nitrogen and oxygen atoms in total. The molecule has 3 heterocycles. The number of carbonyl (C=O) groups excluding carboxylic acids is 1. The maximum Gasteiger partial charge on any atom is 0.349 e. The number of nitrogens with zero attached hydrogens (tertiary/aromatic N) is 3. The standard InChI is InChI=1S/C18H25N5O3.2ClH/c1-3-23-11-21-22-15(23)6-8-20-17(24)16-12(2)9-14(26-18(16)25)13-5-4-7-19-10-13;;/h9,11,13,19H,3-8,10H2,1-2H3,(H,20,24);2*1H. The van der Waals surface area contributed by atoms with E-state index in [1.807, 2.05) is 17.6 Å². The molecule has 10 heteroatoms. The summed E-state index contributed by atoms with van der Waals surface area (Å²) in [7, 11) is 0. The van der Waals surface area contributed by atoms with Crippen LogP contribution in [0.2, 0.25) is 0 Å². The molecule has 0 aromatic carbocycles. The predicted octanol–water partition coefficient (Wildman–Crippen LogP) is 1.84. The number of rotatable bonds is 6. The van der Waals surface area contributed by atoms with E-state index < -0.39 is 11.5 Å². The van der Waals surface area contributed by atoms with Crippen LogP contribution in [0.5, 0.6) is 0 Å². The molecule has 0 bridgehead atoms. The van der Waals surface area contributed by atoms with Crippen molar-refractivity contribution in [3.8, 4) is 0 Å². The molecular formula is C18H27Cl2N5O3. The summed E-state index contributed by atoms with van der Waals surface area (Å²) in [5.41, 5.74) is 0.158. The van der Waals surface area contributed by atoms with Gasteiger partial charge in [0, 0.05) is 32.0 Å². The number of carbonyl (C=O) groups is 1. The Bertz CT molecular complexity index is 831. The SMILES string of the molecule is CCn1cnnc1CCNC(=O)c1c(C)cc(C2CCCNC2)oc1=O.Cl.Cl. The topological polar surface area (TPSA) is 102 Å². The van der Waals surface area contributed by atoms with Gasteiger partial charge in [-0.15, -0.1) is 35.0 Å². The minimum Gasteiger partial charge on any atom is -0.427 e. The number of piperidine rings is 1. The van der Waals surface area contributed by atoms with Crippen LogP contribution >= 0.6 is 24.8 Å². The van der Waals surface area contributed by atoms with Gasteiger partial charge in [-0.3, -0.25) is 4.79 Å². The number of aromatic nitrogens is 3. The van der Waals surface area contributed by atoms with Gasteiger partial charge in [-0.1, -0.05) is 0 Å². The van der Waals surface area contributed by atoms with E-state index in [1.54, 1.807) is 13.3 Å². The van der Waals surface area contributed by atoms with Crippen LogP contribution in [0.1, 0.15) is 53.2 Å². The lowest BCUT2D eigenvalue weighted by atomic mass is 9.95. The van der Waals surface area contributed by atoms with E-state index in [-0.39, 0.29) is 36.3 Å². The number of hydrogen-bond donors (Lipinski definition) is 2. The zero-order valence-corrected chi connectivity index (χ0v) is 17.7. The zero-order valence-electron chi connectivity index (χ0n) is 16.1. The Kier molecular flexibility index (Phi) is 9.64. The molecule has 0 saturated carbocycles. The highest BCUT2D eigenvalue weighted by atomic mass is 35.5. The fraction of sp³-hybridized carbons (Fsp3) is 0.556. The van der Waals surface area contributed by atoms with E-state index in [1.165, 1.54) is 0 Å². The number of nitrogens with one attached hydrogen (secondary N) is 2. The maximum absolute atomic E-state index is 12.4. The van der Waals surface area contributed by atoms with Crippen LogP contribution in [0.25, 0.3) is 0 Å². The molecule has 0 radical (unpaired) electrons. The molecule has 1 unspecified atom stereocenters. The monoisotopic (exact) mass is 431 g/mol. The van der Waals surface area contributed by atoms with E-state index in [2.05, 4.69) is 20.8 Å². The minimum atomic E-state index is -0.570. The van der Waals surface area contributed by atoms with Crippen LogP contribution in [0.15, 0.2) is 21.6 Å². The molecule has 1 amide bonds. The molecule has 1 atom stereocenters. The molecule has 28 heavy (non-hydrogen) atoms. The molecule has 2 aromatic heterocycles. The Morgan fingerprint density at radius 1 is 1.43 bits per heavy atom. The smallest absolute Gasteiger partial charge is 0.349 e. The number of aryl methyl sites for hydroxylation is 2. The van der Waals surface area contributed by atoms with Crippen molar-refractivity contribution in [1.29, 1.82) is 0 Å². The number of hydrogen-bond acceptors (Lipinski definition) is 6. The summed E-state index contributed by atoms with van der Waals surface area (Å²) >= 11 is 0. The molecule has 2 aromatic rings. The first-order valence-electron chi connectivity index (χ1n) is 9.10. The van der Waals surface area contributed by atoms with Gasteiger partial charge in [0.2, 0.25) is 0 Å². The largest absolute Gasteiger partial charge is 0.427 e. The number of halogens is 2. The first-order valence-corrected chi connectivity index (χ1v) is 9.10. The molecule has 1 saturated heterocycles. The first-order chi connectivity index (χ1) is 12.6. The lowest BCUT2D eigenvalue weighted by molar-refractivity contribution is 0.0948. The average molecular weight is 432 g/mol. The van der Waals surface area contributed by atoms with Crippen molar-refractivity contribution in [2.24, 2.45) is 0 Å². The van der Waals surface area contributed by atoms with Crippen LogP contribution in [-0.4, -0.2) is 40.3 Å². The second-order valence-corrected chi connectivity index (χ2v) is 6.58. The van der Waals surface area contributed by atoms with E-state index in [0.29, 0.717) is 24.3 Å². The normalized spacial score (nSPS) is 16.0. The van der Waals surface area contributed by atoms with Crippen LogP contribution < -0.4 is 16.3 Å². The van der Waals surface area contributed by atoms with Crippen molar-refractivity contribution in [3.05, 3.63) is 45.5 Å². The lowest BCUT2D eigenvalue weighted by Crippen LogP contribution is -2.33. The second-order valence-electron chi connectivity index (χ2n) is 6.58. The van der Waals surface area contributed by atoms with Gasteiger partial charge in [-0.25, -0.2) is 4.79 Å². The highest BCUT2D eigenvalue weighted by Crippen LogP contribution is 2.23. The predicted molar refractivity (Wildman–Crippen MR) is 111 cm³/mol. The Balaban J connectivity index is 0.00000196. The summed E-state index contributed by atoms with van der Waals surface area (Å²) in [5.74, 6) is 1.24. The van der Waals surface area contributed by atoms with Gasteiger partial charge < -0.3 is 19.6 Å². The third-order valence-electron chi connectivity index (χ3n) is 4.76. The highest BCUT2D eigenvalue weighted by molar-refractivity contribution is 5.95. The van der Waals surface area contributed by atoms with Crippen LogP contribution in [0.4, 0.5) is 0 Å². The molecule has 1 aliphatic rings. The van der Waals surface area contributed by atoms with Gasteiger partial charge in [0.1, 0.15) is 23.5 Å². The van der Waals surface area contributed by atoms with Gasteiger partial charge in [-0.2, -0.15) is 0 Å². The Labute approximate surface area is 176 Å². The Morgan fingerprint density at radius 3 is 2.86 bits per heavy atom. The highest BCUT2D eigenvalue weighted by Gasteiger charge is 2.22. The molecular weight excluding hydrogens is 405 g/mol. The van der Waals surface area contributed by atoms with Crippen molar-refractivity contribution < 1.29 is 9.21 Å². The average Bonchev–Trinajstić information content (AvgIpc) is 3.09. The maximum atomic E-state index is 12.4. The molecule has 0 aliphatic carbocycles. The fourth-order valence-corrected chi connectivity index (χ4v) is 3.31. The lowest BCUT2D eigenvalue weighted by Gasteiger charge is -2.22. The fourth-order valence-electron chi connectivity index (χ4n) is 3.31. The Morgan fingerprint density at radius 2 is 2.21 bits per heavy atom. The zero-order chi connectivity index (χ0) is 18.5. The first kappa shape index (κ1) is 24.1. The quantitative estimate of drug-likeness (QED) is 0.723. The van der Waals surface area contributed by atoms with E-state index in [0.717, 1.165) is 38.3 Å². The van der Waals surface area contributed by atoms with Crippen molar-refractivity contribution >= 4 is 30.7 Å². The summed E-state index contributed by atoms with van der Waals surface area (Å²) in [6.07, 6.45) is 4.25. The molecule has 1 fully saturated rings. The Hall–Kier alpha value is -1.90. The van der Waals surface area contributed by atoms with Crippen LogP contribution in [0, 0.1) is 6.92 Å². The van der Waals surface area contributed by atoms with Crippen molar-refractivity contribution in [1.82, 2.24) is 25.4 Å². The van der Waals surface area contributed by atoms with Crippen LogP contribution in [-0.2, 0) is 13.0 Å². The van der Waals surface area contributed by atoms with Gasteiger partial charge in [-0.05, 0) is 44.9 Å². The van der Waals surface area contributed by atoms with Crippen molar-refractivity contribution in [3.63, 3.8) is 0 Å². The third-order valence-corrected chi connectivity index (χ3v) is 4.76. The van der Waals surface area contributed by atoms with Gasteiger partial charge in [0.15, 0.2) is 0 Å². The number of amides is 1. The van der Waals surface area contributed by atoms with Gasteiger partial charge in [0.05, 0.1) is 0 Å². The van der Waals surface area contributed by atoms with E-state index in [9.17, 15) is 9.59 Å². The summed E-state index contributed by atoms with van der Waals surface area (Å²) in [6.45, 7) is 6.72. The molecule has 3 rings (SSSR count). The van der Waals surface area contributed by atoms with Gasteiger partial charge in [0.25, 0.3) is 5.91 Å². The summed E-state index contributed by atoms with van der Waals surface area (Å²) in [6, 6.07) is 1.82. The summed E-state index contributed by atoms with van der Waals surface area (Å²) < 4.78 is 7.37. The minimum absolute atomic E-state index is 0.